The Hall–Kier alpha value is -1.05. The van der Waals surface area contributed by atoms with Crippen LogP contribution in [-0.2, 0) is 6.54 Å². The van der Waals surface area contributed by atoms with Crippen molar-refractivity contribution in [1.29, 1.82) is 0 Å². The molecule has 1 amide bonds. The molecule has 0 aliphatic carbocycles. The van der Waals surface area contributed by atoms with E-state index in [2.05, 4.69) is 9.88 Å². The van der Waals surface area contributed by atoms with Crippen molar-refractivity contribution < 1.29 is 4.79 Å². The van der Waals surface area contributed by atoms with E-state index in [1.54, 1.807) is 29.3 Å². The predicted molar refractivity (Wildman–Crippen MR) is 101 cm³/mol. The lowest BCUT2D eigenvalue weighted by atomic mass is 10.1. The van der Waals surface area contributed by atoms with Crippen LogP contribution in [0, 0.1) is 0 Å². The minimum absolute atomic E-state index is 0. The molecule has 3 rings (SSSR count). The van der Waals surface area contributed by atoms with Crippen LogP contribution in [0.4, 0.5) is 5.13 Å². The molecule has 1 fully saturated rings. The Labute approximate surface area is 160 Å². The van der Waals surface area contributed by atoms with Crippen LogP contribution >= 0.6 is 46.9 Å². The van der Waals surface area contributed by atoms with Gasteiger partial charge in [0.15, 0.2) is 5.13 Å². The number of anilines is 1. The highest BCUT2D eigenvalue weighted by Gasteiger charge is 2.25. The molecule has 2 heterocycles. The van der Waals surface area contributed by atoms with Crippen molar-refractivity contribution in [3.63, 3.8) is 0 Å². The molecule has 24 heavy (non-hydrogen) atoms. The second-order valence-electron chi connectivity index (χ2n) is 5.33. The lowest BCUT2D eigenvalue weighted by Gasteiger charge is -2.34. The first kappa shape index (κ1) is 19.3. The van der Waals surface area contributed by atoms with Crippen molar-refractivity contribution in [2.24, 2.45) is 0 Å². The molecular formula is C15H17Cl3N4OS. The average Bonchev–Trinajstić information content (AvgIpc) is 2.93. The predicted octanol–water partition coefficient (Wildman–Crippen LogP) is 3.41. The lowest BCUT2D eigenvalue weighted by molar-refractivity contribution is 0.0630. The molecule has 0 unspecified atom stereocenters. The number of nitrogens with two attached hydrogens (primary N) is 1. The average molecular weight is 408 g/mol. The maximum atomic E-state index is 12.6. The van der Waals surface area contributed by atoms with Gasteiger partial charge in [0.05, 0.1) is 15.6 Å². The summed E-state index contributed by atoms with van der Waals surface area (Å²) in [6.45, 7) is 3.70. The fourth-order valence-corrected chi connectivity index (χ4v) is 3.87. The number of nitrogens with zero attached hydrogens (tertiary/aromatic N) is 3. The van der Waals surface area contributed by atoms with Gasteiger partial charge in [0, 0.05) is 43.8 Å². The summed E-state index contributed by atoms with van der Waals surface area (Å²) >= 11 is 13.7. The molecule has 5 nitrogen and oxygen atoms in total. The Morgan fingerprint density at radius 3 is 2.38 bits per heavy atom. The van der Waals surface area contributed by atoms with Gasteiger partial charge in [-0.2, -0.15) is 0 Å². The van der Waals surface area contributed by atoms with Crippen molar-refractivity contribution in [1.82, 2.24) is 14.8 Å². The second-order valence-corrected chi connectivity index (χ2v) is 7.29. The van der Waals surface area contributed by atoms with Gasteiger partial charge in [0.25, 0.3) is 5.91 Å². The minimum atomic E-state index is -0.109. The van der Waals surface area contributed by atoms with E-state index in [1.807, 2.05) is 0 Å². The smallest absolute Gasteiger partial charge is 0.256 e. The summed E-state index contributed by atoms with van der Waals surface area (Å²) in [5.41, 5.74) is 6.04. The summed E-state index contributed by atoms with van der Waals surface area (Å²) in [5.74, 6) is -0.109. The highest BCUT2D eigenvalue weighted by Crippen LogP contribution is 2.26. The van der Waals surface area contributed by atoms with E-state index < -0.39 is 0 Å². The van der Waals surface area contributed by atoms with Gasteiger partial charge < -0.3 is 10.6 Å². The van der Waals surface area contributed by atoms with Crippen LogP contribution in [0.3, 0.4) is 0 Å². The zero-order valence-corrected chi connectivity index (χ0v) is 15.9. The van der Waals surface area contributed by atoms with Crippen molar-refractivity contribution in [3.8, 4) is 0 Å². The largest absolute Gasteiger partial charge is 0.375 e. The maximum absolute atomic E-state index is 12.6. The van der Waals surface area contributed by atoms with Gasteiger partial charge in [0.1, 0.15) is 0 Å². The second kappa shape index (κ2) is 8.36. The standard InChI is InChI=1S/C15H16Cl2N4OS.ClH/c16-11-2-1-3-12(17)13(11)14(22)21-6-4-20(5-7-21)9-10-8-19-15(18)23-10;/h1-3,8H,4-7,9H2,(H2,18,19);1H. The molecular weight excluding hydrogens is 391 g/mol. The Morgan fingerprint density at radius 2 is 1.83 bits per heavy atom. The molecule has 0 spiro atoms. The molecule has 0 radical (unpaired) electrons. The van der Waals surface area contributed by atoms with Crippen LogP contribution in [0.5, 0.6) is 0 Å². The SMILES string of the molecule is Cl.Nc1ncc(CN2CCN(C(=O)c3c(Cl)cccc3Cl)CC2)s1. The topological polar surface area (TPSA) is 62.5 Å². The number of amides is 1. The van der Waals surface area contributed by atoms with Gasteiger partial charge in [-0.3, -0.25) is 9.69 Å². The first-order chi connectivity index (χ1) is 11.0. The number of carbonyl (C=O) groups excluding carboxylic acids is 1. The maximum Gasteiger partial charge on any atom is 0.256 e. The van der Waals surface area contributed by atoms with Gasteiger partial charge in [0.2, 0.25) is 0 Å². The zero-order chi connectivity index (χ0) is 16.4. The summed E-state index contributed by atoms with van der Waals surface area (Å²) in [5, 5.41) is 1.37. The van der Waals surface area contributed by atoms with Crippen LogP contribution in [-0.4, -0.2) is 46.9 Å². The summed E-state index contributed by atoms with van der Waals surface area (Å²) in [6, 6.07) is 5.11. The van der Waals surface area contributed by atoms with Gasteiger partial charge >= 0.3 is 0 Å². The number of nitrogen functional groups attached to an aromatic ring is 1. The summed E-state index contributed by atoms with van der Waals surface area (Å²) in [6.07, 6.45) is 1.81. The van der Waals surface area contributed by atoms with E-state index >= 15 is 0 Å². The summed E-state index contributed by atoms with van der Waals surface area (Å²) in [4.78, 5) is 21.9. The van der Waals surface area contributed by atoms with Crippen LogP contribution in [0.2, 0.25) is 10.0 Å². The number of rotatable bonds is 3. The summed E-state index contributed by atoms with van der Waals surface area (Å²) in [7, 11) is 0. The number of hydrogen-bond donors (Lipinski definition) is 1. The molecule has 0 bridgehead atoms. The molecule has 1 aromatic carbocycles. The fraction of sp³-hybridized carbons (Fsp3) is 0.333. The Bertz CT molecular complexity index is 696. The number of benzene rings is 1. The number of aromatic nitrogens is 1. The molecule has 1 saturated heterocycles. The molecule has 1 aliphatic heterocycles. The molecule has 1 aromatic heterocycles. The third-order valence-corrected chi connectivity index (χ3v) is 5.23. The van der Waals surface area contributed by atoms with E-state index in [0.717, 1.165) is 24.5 Å². The van der Waals surface area contributed by atoms with E-state index in [-0.39, 0.29) is 18.3 Å². The van der Waals surface area contributed by atoms with Crippen molar-refractivity contribution in [3.05, 3.63) is 44.9 Å². The number of carbonyl (C=O) groups is 1. The molecule has 0 saturated carbocycles. The molecule has 130 valence electrons. The van der Waals surface area contributed by atoms with E-state index in [1.165, 1.54) is 11.3 Å². The van der Waals surface area contributed by atoms with Crippen LogP contribution < -0.4 is 5.73 Å². The lowest BCUT2D eigenvalue weighted by Crippen LogP contribution is -2.48. The number of piperazine rings is 1. The first-order valence-corrected chi connectivity index (χ1v) is 8.77. The minimum Gasteiger partial charge on any atom is -0.375 e. The van der Waals surface area contributed by atoms with Gasteiger partial charge in [-0.1, -0.05) is 29.3 Å². The Morgan fingerprint density at radius 1 is 1.21 bits per heavy atom. The van der Waals surface area contributed by atoms with Crippen molar-refractivity contribution in [2.45, 2.75) is 6.54 Å². The molecule has 2 aromatic rings. The number of thiazole rings is 1. The number of halogens is 3. The van der Waals surface area contributed by atoms with E-state index in [4.69, 9.17) is 28.9 Å². The van der Waals surface area contributed by atoms with Gasteiger partial charge in [-0.25, -0.2) is 4.98 Å². The zero-order valence-electron chi connectivity index (χ0n) is 12.7. The quantitative estimate of drug-likeness (QED) is 0.847. The van der Waals surface area contributed by atoms with E-state index in [9.17, 15) is 4.79 Å². The third kappa shape index (κ3) is 4.32. The third-order valence-electron chi connectivity index (χ3n) is 3.79. The summed E-state index contributed by atoms with van der Waals surface area (Å²) < 4.78 is 0. The van der Waals surface area contributed by atoms with Crippen molar-refractivity contribution in [2.75, 3.05) is 31.9 Å². The van der Waals surface area contributed by atoms with Crippen LogP contribution in [0.1, 0.15) is 15.2 Å². The monoisotopic (exact) mass is 406 g/mol. The fourth-order valence-electron chi connectivity index (χ4n) is 2.59. The van der Waals surface area contributed by atoms with Crippen LogP contribution in [0.15, 0.2) is 24.4 Å². The molecule has 1 aliphatic rings. The molecule has 2 N–H and O–H groups in total. The van der Waals surface area contributed by atoms with Crippen LogP contribution in [0.25, 0.3) is 0 Å². The Kier molecular flexibility index (Phi) is 6.71. The highest BCUT2D eigenvalue weighted by molar-refractivity contribution is 7.15. The Balaban J connectivity index is 0.00000208. The molecule has 0 atom stereocenters. The van der Waals surface area contributed by atoms with Gasteiger partial charge in [-0.05, 0) is 12.1 Å². The van der Waals surface area contributed by atoms with E-state index in [0.29, 0.717) is 33.8 Å². The highest BCUT2D eigenvalue weighted by atomic mass is 35.5. The normalized spacial score (nSPS) is 15.2. The number of hydrogen-bond acceptors (Lipinski definition) is 5. The first-order valence-electron chi connectivity index (χ1n) is 7.20. The van der Waals surface area contributed by atoms with Crippen molar-refractivity contribution >= 4 is 58.0 Å². The van der Waals surface area contributed by atoms with Gasteiger partial charge in [-0.15, -0.1) is 23.7 Å². The molecule has 9 heteroatoms.